The number of aryl methyl sites for hydroxylation is 1. The average Bonchev–Trinajstić information content (AvgIpc) is 2.62. The van der Waals surface area contributed by atoms with Crippen LogP contribution in [0, 0.1) is 12.7 Å². The molecule has 3 aromatic rings. The maximum absolute atomic E-state index is 13.7. The Bertz CT molecular complexity index is 877. The summed E-state index contributed by atoms with van der Waals surface area (Å²) in [6, 6.07) is 21.8. The first-order valence-corrected chi connectivity index (χ1v) is 8.95. The summed E-state index contributed by atoms with van der Waals surface area (Å²) >= 11 is 1.54. The number of rotatable bonds is 5. The van der Waals surface area contributed by atoms with E-state index in [-0.39, 0.29) is 11.7 Å². The van der Waals surface area contributed by atoms with Crippen LogP contribution in [0.3, 0.4) is 0 Å². The van der Waals surface area contributed by atoms with Gasteiger partial charge in [-0.2, -0.15) is 0 Å². The van der Waals surface area contributed by atoms with Crippen LogP contribution in [-0.2, 0) is 5.75 Å². The quantitative estimate of drug-likeness (QED) is 0.599. The predicted molar refractivity (Wildman–Crippen MR) is 102 cm³/mol. The van der Waals surface area contributed by atoms with Crippen LogP contribution in [0.25, 0.3) is 0 Å². The molecule has 0 spiro atoms. The number of thioether (sulfide) groups is 1. The Labute approximate surface area is 151 Å². The predicted octanol–water partition coefficient (Wildman–Crippen LogP) is 5.68. The van der Waals surface area contributed by atoms with Crippen LogP contribution in [0.4, 0.5) is 10.1 Å². The molecular formula is C21H18FNOS. The monoisotopic (exact) mass is 351 g/mol. The Morgan fingerprint density at radius 2 is 1.76 bits per heavy atom. The van der Waals surface area contributed by atoms with Gasteiger partial charge >= 0.3 is 0 Å². The maximum Gasteiger partial charge on any atom is 0.255 e. The van der Waals surface area contributed by atoms with E-state index in [1.54, 1.807) is 24.3 Å². The molecule has 0 saturated heterocycles. The maximum atomic E-state index is 13.7. The minimum Gasteiger partial charge on any atom is -0.322 e. The van der Waals surface area contributed by atoms with Gasteiger partial charge in [-0.3, -0.25) is 4.79 Å². The Morgan fingerprint density at radius 1 is 1.00 bits per heavy atom. The zero-order valence-electron chi connectivity index (χ0n) is 13.8. The van der Waals surface area contributed by atoms with Gasteiger partial charge < -0.3 is 5.32 Å². The van der Waals surface area contributed by atoms with Gasteiger partial charge in [-0.1, -0.05) is 42.0 Å². The number of carbonyl (C=O) groups is 1. The van der Waals surface area contributed by atoms with Crippen LogP contribution in [0.1, 0.15) is 21.5 Å². The first kappa shape index (κ1) is 17.2. The molecule has 0 bridgehead atoms. The highest BCUT2D eigenvalue weighted by molar-refractivity contribution is 7.98. The van der Waals surface area contributed by atoms with Gasteiger partial charge in [0.1, 0.15) is 5.82 Å². The van der Waals surface area contributed by atoms with Crippen molar-refractivity contribution in [2.45, 2.75) is 17.6 Å². The molecule has 0 fully saturated rings. The molecule has 0 atom stereocenters. The lowest BCUT2D eigenvalue weighted by Crippen LogP contribution is -2.11. The van der Waals surface area contributed by atoms with Gasteiger partial charge in [0.2, 0.25) is 0 Å². The fourth-order valence-electron chi connectivity index (χ4n) is 2.35. The van der Waals surface area contributed by atoms with Crippen LogP contribution in [0.15, 0.2) is 77.7 Å². The normalized spacial score (nSPS) is 10.5. The summed E-state index contributed by atoms with van der Waals surface area (Å²) in [7, 11) is 0. The van der Waals surface area contributed by atoms with E-state index in [0.29, 0.717) is 16.9 Å². The molecule has 0 aliphatic rings. The second kappa shape index (κ2) is 7.99. The van der Waals surface area contributed by atoms with Gasteiger partial charge in [0.25, 0.3) is 5.91 Å². The van der Waals surface area contributed by atoms with E-state index in [9.17, 15) is 9.18 Å². The highest BCUT2D eigenvalue weighted by Gasteiger charge is 2.07. The highest BCUT2D eigenvalue weighted by atomic mass is 32.2. The molecule has 3 aromatic carbocycles. The summed E-state index contributed by atoms with van der Waals surface area (Å²) in [5.41, 5.74) is 3.13. The zero-order chi connectivity index (χ0) is 17.6. The van der Waals surface area contributed by atoms with E-state index in [2.05, 4.69) is 5.32 Å². The topological polar surface area (TPSA) is 29.1 Å². The largest absolute Gasteiger partial charge is 0.322 e. The van der Waals surface area contributed by atoms with Crippen molar-refractivity contribution < 1.29 is 9.18 Å². The van der Waals surface area contributed by atoms with Crippen LogP contribution >= 0.6 is 11.8 Å². The van der Waals surface area contributed by atoms with Gasteiger partial charge in [0.05, 0.1) is 0 Å². The van der Waals surface area contributed by atoms with Gasteiger partial charge in [-0.25, -0.2) is 4.39 Å². The number of amides is 1. The zero-order valence-corrected chi connectivity index (χ0v) is 14.6. The molecule has 0 saturated carbocycles. The number of benzene rings is 3. The molecule has 0 heterocycles. The molecule has 0 aromatic heterocycles. The second-order valence-corrected chi connectivity index (χ2v) is 6.78. The second-order valence-electron chi connectivity index (χ2n) is 5.73. The standard InChI is InChI=1S/C21H18FNOS/c1-15-9-11-16(12-10-15)21(24)23-18-6-4-7-19(13-18)25-14-17-5-2-3-8-20(17)22/h2-13H,14H2,1H3,(H,23,24). The molecule has 3 rings (SSSR count). The summed E-state index contributed by atoms with van der Waals surface area (Å²) in [5.74, 6) is 0.206. The highest BCUT2D eigenvalue weighted by Crippen LogP contribution is 2.26. The summed E-state index contributed by atoms with van der Waals surface area (Å²) < 4.78 is 13.7. The SMILES string of the molecule is Cc1ccc(C(=O)Nc2cccc(SCc3ccccc3F)c2)cc1. The molecule has 126 valence electrons. The number of hydrogen-bond donors (Lipinski definition) is 1. The van der Waals surface area contributed by atoms with E-state index >= 15 is 0 Å². The van der Waals surface area contributed by atoms with E-state index < -0.39 is 0 Å². The average molecular weight is 351 g/mol. The first-order chi connectivity index (χ1) is 12.1. The Hall–Kier alpha value is -2.59. The fourth-order valence-corrected chi connectivity index (χ4v) is 3.29. The van der Waals surface area contributed by atoms with Gasteiger partial charge in [-0.15, -0.1) is 11.8 Å². The van der Waals surface area contributed by atoms with Crippen molar-refractivity contribution in [3.05, 3.63) is 95.3 Å². The lowest BCUT2D eigenvalue weighted by atomic mass is 10.1. The molecule has 0 aliphatic heterocycles. The van der Waals surface area contributed by atoms with E-state index in [0.717, 1.165) is 16.1 Å². The van der Waals surface area contributed by atoms with Crippen molar-refractivity contribution in [2.24, 2.45) is 0 Å². The van der Waals surface area contributed by atoms with E-state index in [4.69, 9.17) is 0 Å². The number of anilines is 1. The summed E-state index contributed by atoms with van der Waals surface area (Å²) in [6.07, 6.45) is 0. The van der Waals surface area contributed by atoms with E-state index in [1.165, 1.54) is 17.8 Å². The number of hydrogen-bond acceptors (Lipinski definition) is 2. The molecule has 4 heteroatoms. The molecule has 1 N–H and O–H groups in total. The van der Waals surface area contributed by atoms with Gasteiger partial charge in [0, 0.05) is 21.9 Å². The Morgan fingerprint density at radius 3 is 2.52 bits per heavy atom. The number of carbonyl (C=O) groups excluding carboxylic acids is 1. The van der Waals surface area contributed by atoms with Gasteiger partial charge in [-0.05, 0) is 48.9 Å². The van der Waals surface area contributed by atoms with Crippen LogP contribution in [0.5, 0.6) is 0 Å². The number of nitrogens with one attached hydrogen (secondary N) is 1. The minimum absolute atomic E-state index is 0.142. The third-order valence-electron chi connectivity index (χ3n) is 3.76. The third kappa shape index (κ3) is 4.70. The van der Waals surface area contributed by atoms with Crippen LogP contribution < -0.4 is 5.32 Å². The fraction of sp³-hybridized carbons (Fsp3) is 0.0952. The molecule has 0 unspecified atom stereocenters. The lowest BCUT2D eigenvalue weighted by molar-refractivity contribution is 0.102. The minimum atomic E-state index is -0.196. The van der Waals surface area contributed by atoms with Crippen LogP contribution in [-0.4, -0.2) is 5.91 Å². The molecule has 25 heavy (non-hydrogen) atoms. The van der Waals surface area contributed by atoms with Crippen molar-refractivity contribution in [1.82, 2.24) is 0 Å². The number of halogens is 1. The van der Waals surface area contributed by atoms with Crippen molar-refractivity contribution in [2.75, 3.05) is 5.32 Å². The van der Waals surface area contributed by atoms with Crippen molar-refractivity contribution in [3.8, 4) is 0 Å². The summed E-state index contributed by atoms with van der Waals surface area (Å²) in [5, 5.41) is 2.90. The molecule has 0 radical (unpaired) electrons. The molecular weight excluding hydrogens is 333 g/mol. The summed E-state index contributed by atoms with van der Waals surface area (Å²) in [4.78, 5) is 13.3. The van der Waals surface area contributed by atoms with Crippen molar-refractivity contribution in [1.29, 1.82) is 0 Å². The van der Waals surface area contributed by atoms with Crippen molar-refractivity contribution in [3.63, 3.8) is 0 Å². The lowest BCUT2D eigenvalue weighted by Gasteiger charge is -2.08. The van der Waals surface area contributed by atoms with Crippen molar-refractivity contribution >= 4 is 23.4 Å². The smallest absolute Gasteiger partial charge is 0.255 e. The Kier molecular flexibility index (Phi) is 5.51. The summed E-state index contributed by atoms with van der Waals surface area (Å²) in [6.45, 7) is 1.98. The molecule has 0 aliphatic carbocycles. The third-order valence-corrected chi connectivity index (χ3v) is 4.80. The first-order valence-electron chi connectivity index (χ1n) is 7.96. The van der Waals surface area contributed by atoms with E-state index in [1.807, 2.05) is 49.4 Å². The molecule has 2 nitrogen and oxygen atoms in total. The van der Waals surface area contributed by atoms with Crippen LogP contribution in [0.2, 0.25) is 0 Å². The Balaban J connectivity index is 1.66. The van der Waals surface area contributed by atoms with Gasteiger partial charge in [0.15, 0.2) is 0 Å². The molecule has 1 amide bonds.